The van der Waals surface area contributed by atoms with Gasteiger partial charge in [0.15, 0.2) is 0 Å². The number of fused-ring (bicyclic) bond motifs is 3. The number of amides is 1. The normalized spacial score (nSPS) is 31.6. The van der Waals surface area contributed by atoms with Gasteiger partial charge < -0.3 is 10.6 Å². The van der Waals surface area contributed by atoms with Gasteiger partial charge in [0.05, 0.1) is 18.3 Å². The molecule has 4 N–H and O–H groups in total. The second-order valence-corrected chi connectivity index (χ2v) is 4.08. The van der Waals surface area contributed by atoms with E-state index < -0.39 is 6.04 Å². The molecule has 1 saturated heterocycles. The van der Waals surface area contributed by atoms with Crippen molar-refractivity contribution in [1.29, 1.82) is 0 Å². The van der Waals surface area contributed by atoms with Gasteiger partial charge in [-0.25, -0.2) is 5.43 Å². The quantitative estimate of drug-likeness (QED) is 0.500. The third-order valence-electron chi connectivity index (χ3n) is 3.14. The molecule has 1 amide bonds. The van der Waals surface area contributed by atoms with E-state index in [2.05, 4.69) is 26.8 Å². The van der Waals surface area contributed by atoms with Crippen molar-refractivity contribution >= 4 is 12.1 Å². The molecule has 6 nitrogen and oxygen atoms in total. The molecular formula is C10H13N5O. The second kappa shape index (κ2) is 3.43. The van der Waals surface area contributed by atoms with E-state index in [1.807, 2.05) is 12.4 Å². The summed E-state index contributed by atoms with van der Waals surface area (Å²) in [6.45, 7) is 1.45. The highest BCUT2D eigenvalue weighted by molar-refractivity contribution is 5.82. The zero-order chi connectivity index (χ0) is 11.1. The molecule has 3 rings (SSSR count). The molecule has 0 radical (unpaired) electrons. The van der Waals surface area contributed by atoms with Crippen LogP contribution >= 0.6 is 0 Å². The topological polar surface area (TPSA) is 82.8 Å². The number of primary amides is 1. The zero-order valence-corrected chi connectivity index (χ0v) is 8.68. The van der Waals surface area contributed by atoms with Gasteiger partial charge in [0.2, 0.25) is 5.91 Å². The molecular weight excluding hydrogens is 206 g/mol. The molecule has 0 aliphatic carbocycles. The predicted octanol–water partition coefficient (Wildman–Crippen LogP) is -1.52. The fourth-order valence-electron chi connectivity index (χ4n) is 2.43. The standard InChI is InChI=1S/C10H13N5O/c11-10(16)8-9-6(4-13-14-8)3-7-5-12-1-2-15(7)9/h1,3,5,8-9,13-14H,2,4H2,(H2,11,16). The Bertz CT molecular complexity index is 425. The lowest BCUT2D eigenvalue weighted by Crippen LogP contribution is -2.63. The maximum absolute atomic E-state index is 11.4. The summed E-state index contributed by atoms with van der Waals surface area (Å²) in [6, 6.07) is -0.367. The first kappa shape index (κ1) is 9.56. The molecule has 0 spiro atoms. The Hall–Kier alpha value is -1.66. The molecule has 3 aliphatic heterocycles. The van der Waals surface area contributed by atoms with Crippen molar-refractivity contribution in [2.24, 2.45) is 10.7 Å². The van der Waals surface area contributed by atoms with Crippen molar-refractivity contribution in [3.63, 3.8) is 0 Å². The van der Waals surface area contributed by atoms with Crippen molar-refractivity contribution in [1.82, 2.24) is 15.8 Å². The summed E-state index contributed by atoms with van der Waals surface area (Å²) in [5.74, 6) is -0.341. The van der Waals surface area contributed by atoms with Crippen LogP contribution in [-0.4, -0.2) is 42.2 Å². The summed E-state index contributed by atoms with van der Waals surface area (Å²) in [7, 11) is 0. The minimum atomic E-state index is -0.391. The number of allylic oxidation sites excluding steroid dienone is 1. The number of rotatable bonds is 1. The molecule has 3 heterocycles. The van der Waals surface area contributed by atoms with Crippen LogP contribution in [0.4, 0.5) is 0 Å². The van der Waals surface area contributed by atoms with Gasteiger partial charge in [0.25, 0.3) is 0 Å². The third-order valence-corrected chi connectivity index (χ3v) is 3.14. The van der Waals surface area contributed by atoms with E-state index in [4.69, 9.17) is 5.73 Å². The van der Waals surface area contributed by atoms with Gasteiger partial charge in [0.1, 0.15) is 6.04 Å². The highest BCUT2D eigenvalue weighted by atomic mass is 16.1. The number of carbonyl (C=O) groups excluding carboxylic acids is 1. The maximum atomic E-state index is 11.4. The summed E-state index contributed by atoms with van der Waals surface area (Å²) in [6.07, 6.45) is 5.72. The number of nitrogens with one attached hydrogen (secondary N) is 2. The Labute approximate surface area is 92.9 Å². The van der Waals surface area contributed by atoms with E-state index in [1.165, 1.54) is 5.57 Å². The summed E-state index contributed by atoms with van der Waals surface area (Å²) in [4.78, 5) is 17.6. The van der Waals surface area contributed by atoms with Gasteiger partial charge in [-0.05, 0) is 11.6 Å². The van der Waals surface area contributed by atoms with Crippen LogP contribution < -0.4 is 16.6 Å². The van der Waals surface area contributed by atoms with Crippen LogP contribution in [0.2, 0.25) is 0 Å². The van der Waals surface area contributed by atoms with Crippen LogP contribution in [0.25, 0.3) is 0 Å². The number of nitrogens with two attached hydrogens (primary N) is 1. The first-order chi connectivity index (χ1) is 7.77. The second-order valence-electron chi connectivity index (χ2n) is 4.08. The van der Waals surface area contributed by atoms with Gasteiger partial charge in [-0.3, -0.25) is 15.2 Å². The van der Waals surface area contributed by atoms with Gasteiger partial charge >= 0.3 is 0 Å². The molecule has 2 unspecified atom stereocenters. The molecule has 3 aliphatic rings. The number of carbonyl (C=O) groups is 1. The van der Waals surface area contributed by atoms with Gasteiger partial charge in [-0.2, -0.15) is 0 Å². The first-order valence-corrected chi connectivity index (χ1v) is 5.24. The minimum absolute atomic E-state index is 0.0248. The van der Waals surface area contributed by atoms with Crippen molar-refractivity contribution in [3.8, 4) is 0 Å². The smallest absolute Gasteiger partial charge is 0.238 e. The lowest BCUT2D eigenvalue weighted by Gasteiger charge is -2.37. The summed E-state index contributed by atoms with van der Waals surface area (Å²) in [5.41, 5.74) is 13.6. The average molecular weight is 219 g/mol. The van der Waals surface area contributed by atoms with E-state index in [-0.39, 0.29) is 11.9 Å². The fourth-order valence-corrected chi connectivity index (χ4v) is 2.43. The molecule has 84 valence electrons. The minimum Gasteiger partial charge on any atom is -0.368 e. The fraction of sp³-hybridized carbons (Fsp3) is 0.400. The summed E-state index contributed by atoms with van der Waals surface area (Å²) < 4.78 is 0. The Morgan fingerprint density at radius 2 is 2.50 bits per heavy atom. The van der Waals surface area contributed by atoms with Crippen molar-refractivity contribution in [2.45, 2.75) is 12.1 Å². The van der Waals surface area contributed by atoms with E-state index in [9.17, 15) is 4.79 Å². The van der Waals surface area contributed by atoms with E-state index >= 15 is 0 Å². The van der Waals surface area contributed by atoms with Crippen LogP contribution in [-0.2, 0) is 4.79 Å². The Balaban J connectivity index is 1.97. The largest absolute Gasteiger partial charge is 0.368 e. The Morgan fingerprint density at radius 1 is 1.62 bits per heavy atom. The molecule has 0 aromatic rings. The Kier molecular flexibility index (Phi) is 2.05. The van der Waals surface area contributed by atoms with Crippen molar-refractivity contribution in [3.05, 3.63) is 23.5 Å². The molecule has 0 saturated carbocycles. The van der Waals surface area contributed by atoms with E-state index in [0.717, 1.165) is 18.8 Å². The van der Waals surface area contributed by atoms with Crippen molar-refractivity contribution in [2.75, 3.05) is 13.1 Å². The van der Waals surface area contributed by atoms with Crippen LogP contribution in [0.1, 0.15) is 0 Å². The average Bonchev–Trinajstić information content (AvgIpc) is 2.66. The third kappa shape index (κ3) is 1.27. The SMILES string of the molecule is NC(=O)C1NNCC2=CC3=CN=CCN3C21. The highest BCUT2D eigenvalue weighted by Crippen LogP contribution is 2.30. The number of aliphatic imine (C=N–C) groups is 1. The Morgan fingerprint density at radius 3 is 3.31 bits per heavy atom. The van der Waals surface area contributed by atoms with E-state index in [1.54, 1.807) is 0 Å². The van der Waals surface area contributed by atoms with Gasteiger partial charge in [-0.1, -0.05) is 0 Å². The van der Waals surface area contributed by atoms with Crippen LogP contribution in [0, 0.1) is 0 Å². The molecule has 1 fully saturated rings. The molecule has 0 aromatic heterocycles. The lowest BCUT2D eigenvalue weighted by molar-refractivity contribution is -0.121. The van der Waals surface area contributed by atoms with Gasteiger partial charge in [0, 0.05) is 19.0 Å². The first-order valence-electron chi connectivity index (χ1n) is 5.24. The van der Waals surface area contributed by atoms with E-state index in [0.29, 0.717) is 0 Å². The lowest BCUT2D eigenvalue weighted by atomic mass is 9.98. The summed E-state index contributed by atoms with van der Waals surface area (Å²) >= 11 is 0. The maximum Gasteiger partial charge on any atom is 0.238 e. The monoisotopic (exact) mass is 219 g/mol. The predicted molar refractivity (Wildman–Crippen MR) is 59.3 cm³/mol. The zero-order valence-electron chi connectivity index (χ0n) is 8.68. The number of nitrogens with zero attached hydrogens (tertiary/aromatic N) is 2. The van der Waals surface area contributed by atoms with Gasteiger partial charge in [-0.15, -0.1) is 0 Å². The number of hydrogen-bond acceptors (Lipinski definition) is 5. The van der Waals surface area contributed by atoms with Crippen LogP contribution in [0.15, 0.2) is 28.5 Å². The highest BCUT2D eigenvalue weighted by Gasteiger charge is 2.41. The molecule has 16 heavy (non-hydrogen) atoms. The van der Waals surface area contributed by atoms with Crippen LogP contribution in [0.5, 0.6) is 0 Å². The molecule has 0 bridgehead atoms. The number of hydrazine groups is 1. The molecule has 0 aromatic carbocycles. The molecule has 6 heteroatoms. The van der Waals surface area contributed by atoms with Crippen LogP contribution in [0.3, 0.4) is 0 Å². The summed E-state index contributed by atoms with van der Waals surface area (Å²) in [5, 5.41) is 0. The number of hydrogen-bond donors (Lipinski definition) is 3. The van der Waals surface area contributed by atoms with Crippen molar-refractivity contribution < 1.29 is 4.79 Å². The molecule has 2 atom stereocenters.